The van der Waals surface area contributed by atoms with E-state index >= 15 is 0 Å². The molecule has 0 spiro atoms. The SMILES string of the molecule is CC(C)C(C)(C)CNC1CCCc2c1[nH]c1ccccc21. The van der Waals surface area contributed by atoms with Crippen LogP contribution < -0.4 is 5.32 Å². The third-order valence-electron chi connectivity index (χ3n) is 5.48. The van der Waals surface area contributed by atoms with E-state index in [1.54, 1.807) is 0 Å². The Kier molecular flexibility index (Phi) is 3.83. The number of aryl methyl sites for hydroxylation is 1. The molecule has 0 bridgehead atoms. The number of benzene rings is 1. The van der Waals surface area contributed by atoms with Gasteiger partial charge in [0.05, 0.1) is 0 Å². The molecule has 1 unspecified atom stereocenters. The van der Waals surface area contributed by atoms with Gasteiger partial charge in [0.1, 0.15) is 0 Å². The summed E-state index contributed by atoms with van der Waals surface area (Å²) < 4.78 is 0. The van der Waals surface area contributed by atoms with Gasteiger partial charge in [-0.05, 0) is 42.2 Å². The molecule has 2 nitrogen and oxygen atoms in total. The number of fused-ring (bicyclic) bond motifs is 3. The van der Waals surface area contributed by atoms with Crippen molar-refractivity contribution in [3.63, 3.8) is 0 Å². The van der Waals surface area contributed by atoms with E-state index in [9.17, 15) is 0 Å². The van der Waals surface area contributed by atoms with Crippen LogP contribution in [0.25, 0.3) is 10.9 Å². The fourth-order valence-electron chi connectivity index (χ4n) is 3.21. The molecule has 0 fully saturated rings. The van der Waals surface area contributed by atoms with Crippen LogP contribution in [-0.4, -0.2) is 11.5 Å². The molecule has 1 heterocycles. The van der Waals surface area contributed by atoms with Crippen molar-refractivity contribution in [1.29, 1.82) is 0 Å². The molecule has 1 aliphatic rings. The van der Waals surface area contributed by atoms with E-state index < -0.39 is 0 Å². The Morgan fingerprint density at radius 3 is 2.81 bits per heavy atom. The average Bonchev–Trinajstić information content (AvgIpc) is 2.84. The lowest BCUT2D eigenvalue weighted by Crippen LogP contribution is -2.36. The van der Waals surface area contributed by atoms with Crippen LogP contribution in [0.3, 0.4) is 0 Å². The van der Waals surface area contributed by atoms with Crippen LogP contribution in [0.15, 0.2) is 24.3 Å². The highest BCUT2D eigenvalue weighted by molar-refractivity contribution is 5.85. The standard InChI is InChI=1S/C19H28N2/c1-13(2)19(3,4)12-20-17-11-7-9-15-14-8-5-6-10-16(14)21-18(15)17/h5-6,8,10,13,17,20-21H,7,9,11-12H2,1-4H3. The number of para-hydroxylation sites is 1. The fourth-order valence-corrected chi connectivity index (χ4v) is 3.21. The Balaban J connectivity index is 1.84. The summed E-state index contributed by atoms with van der Waals surface area (Å²) >= 11 is 0. The molecule has 0 saturated carbocycles. The van der Waals surface area contributed by atoms with Crippen LogP contribution in [0, 0.1) is 11.3 Å². The van der Waals surface area contributed by atoms with Crippen molar-refractivity contribution in [2.45, 2.75) is 53.0 Å². The molecule has 1 aromatic carbocycles. The Morgan fingerprint density at radius 1 is 1.29 bits per heavy atom. The van der Waals surface area contributed by atoms with Crippen molar-refractivity contribution in [2.75, 3.05) is 6.54 Å². The molecule has 0 aliphatic heterocycles. The Labute approximate surface area is 128 Å². The zero-order valence-electron chi connectivity index (χ0n) is 13.8. The first-order valence-corrected chi connectivity index (χ1v) is 8.32. The second-order valence-corrected chi connectivity index (χ2v) is 7.53. The summed E-state index contributed by atoms with van der Waals surface area (Å²) in [6, 6.07) is 9.21. The summed E-state index contributed by atoms with van der Waals surface area (Å²) in [5, 5.41) is 5.25. The molecule has 114 valence electrons. The molecule has 0 amide bonds. The van der Waals surface area contributed by atoms with E-state index in [-0.39, 0.29) is 0 Å². The van der Waals surface area contributed by atoms with E-state index in [2.05, 4.69) is 62.3 Å². The van der Waals surface area contributed by atoms with Gasteiger partial charge in [-0.2, -0.15) is 0 Å². The summed E-state index contributed by atoms with van der Waals surface area (Å²) in [7, 11) is 0. The molecule has 0 radical (unpaired) electrons. The predicted octanol–water partition coefficient (Wildman–Crippen LogP) is 4.82. The molecule has 1 atom stereocenters. The number of aromatic amines is 1. The summed E-state index contributed by atoms with van der Waals surface area (Å²) in [6.45, 7) is 10.4. The molecule has 1 aliphatic carbocycles. The quantitative estimate of drug-likeness (QED) is 0.828. The normalized spacial score (nSPS) is 19.2. The zero-order chi connectivity index (χ0) is 15.0. The van der Waals surface area contributed by atoms with Crippen LogP contribution >= 0.6 is 0 Å². The highest BCUT2D eigenvalue weighted by atomic mass is 15.0. The Hall–Kier alpha value is -1.28. The molecule has 21 heavy (non-hydrogen) atoms. The highest BCUT2D eigenvalue weighted by Crippen LogP contribution is 2.35. The topological polar surface area (TPSA) is 27.8 Å². The smallest absolute Gasteiger partial charge is 0.0476 e. The van der Waals surface area contributed by atoms with Crippen molar-refractivity contribution in [3.05, 3.63) is 35.5 Å². The molecular weight excluding hydrogens is 256 g/mol. The lowest BCUT2D eigenvalue weighted by molar-refractivity contribution is 0.223. The van der Waals surface area contributed by atoms with Crippen LogP contribution in [0.2, 0.25) is 0 Å². The minimum absolute atomic E-state index is 0.337. The van der Waals surface area contributed by atoms with Gasteiger partial charge in [-0.25, -0.2) is 0 Å². The summed E-state index contributed by atoms with van der Waals surface area (Å²) in [4.78, 5) is 3.67. The molecule has 2 N–H and O–H groups in total. The van der Waals surface area contributed by atoms with Crippen LogP contribution in [-0.2, 0) is 6.42 Å². The third kappa shape index (κ3) is 2.74. The maximum absolute atomic E-state index is 3.83. The first kappa shape index (κ1) is 14.6. The van der Waals surface area contributed by atoms with Gasteiger partial charge >= 0.3 is 0 Å². The van der Waals surface area contributed by atoms with Crippen molar-refractivity contribution in [1.82, 2.24) is 10.3 Å². The Morgan fingerprint density at radius 2 is 2.05 bits per heavy atom. The van der Waals surface area contributed by atoms with E-state index in [0.29, 0.717) is 17.4 Å². The van der Waals surface area contributed by atoms with E-state index in [1.165, 1.54) is 41.4 Å². The van der Waals surface area contributed by atoms with Crippen molar-refractivity contribution in [3.8, 4) is 0 Å². The van der Waals surface area contributed by atoms with Crippen molar-refractivity contribution in [2.24, 2.45) is 11.3 Å². The number of hydrogen-bond acceptors (Lipinski definition) is 1. The first-order valence-electron chi connectivity index (χ1n) is 8.32. The Bertz CT molecular complexity index is 622. The molecule has 0 saturated heterocycles. The summed E-state index contributed by atoms with van der Waals surface area (Å²) in [5.41, 5.74) is 4.60. The number of hydrogen-bond donors (Lipinski definition) is 2. The predicted molar refractivity (Wildman–Crippen MR) is 90.6 cm³/mol. The molecular formula is C19H28N2. The maximum atomic E-state index is 3.83. The molecule has 3 rings (SSSR count). The minimum atomic E-state index is 0.337. The van der Waals surface area contributed by atoms with Gasteiger partial charge in [0.2, 0.25) is 0 Å². The maximum Gasteiger partial charge on any atom is 0.0476 e. The molecule has 2 aromatic rings. The fraction of sp³-hybridized carbons (Fsp3) is 0.579. The van der Waals surface area contributed by atoms with Gasteiger partial charge in [-0.3, -0.25) is 0 Å². The van der Waals surface area contributed by atoms with E-state index in [0.717, 1.165) is 6.54 Å². The lowest BCUT2D eigenvalue weighted by atomic mass is 9.80. The largest absolute Gasteiger partial charge is 0.357 e. The summed E-state index contributed by atoms with van der Waals surface area (Å²) in [6.07, 6.45) is 3.74. The zero-order valence-corrected chi connectivity index (χ0v) is 13.8. The van der Waals surface area contributed by atoms with Gasteiger partial charge in [-0.15, -0.1) is 0 Å². The van der Waals surface area contributed by atoms with Crippen molar-refractivity contribution >= 4 is 10.9 Å². The van der Waals surface area contributed by atoms with Crippen LogP contribution in [0.1, 0.15) is 57.8 Å². The van der Waals surface area contributed by atoms with Gasteiger partial charge < -0.3 is 10.3 Å². The monoisotopic (exact) mass is 284 g/mol. The van der Waals surface area contributed by atoms with Crippen molar-refractivity contribution < 1.29 is 0 Å². The van der Waals surface area contributed by atoms with Gasteiger partial charge in [0.15, 0.2) is 0 Å². The second kappa shape index (κ2) is 5.49. The lowest BCUT2D eigenvalue weighted by Gasteiger charge is -2.33. The number of H-pyrrole nitrogens is 1. The van der Waals surface area contributed by atoms with Gasteiger partial charge in [0.25, 0.3) is 0 Å². The van der Waals surface area contributed by atoms with Gasteiger partial charge in [-0.1, -0.05) is 45.9 Å². The summed E-state index contributed by atoms with van der Waals surface area (Å²) in [5.74, 6) is 0.691. The number of aromatic nitrogens is 1. The minimum Gasteiger partial charge on any atom is -0.357 e. The van der Waals surface area contributed by atoms with Gasteiger partial charge in [0, 0.05) is 29.2 Å². The number of nitrogens with one attached hydrogen (secondary N) is 2. The van der Waals surface area contributed by atoms with E-state index in [1.807, 2.05) is 0 Å². The first-order chi connectivity index (χ1) is 9.99. The molecule has 1 aromatic heterocycles. The average molecular weight is 284 g/mol. The third-order valence-corrected chi connectivity index (χ3v) is 5.48. The van der Waals surface area contributed by atoms with Crippen LogP contribution in [0.4, 0.5) is 0 Å². The van der Waals surface area contributed by atoms with E-state index in [4.69, 9.17) is 0 Å². The second-order valence-electron chi connectivity index (χ2n) is 7.53. The van der Waals surface area contributed by atoms with Crippen LogP contribution in [0.5, 0.6) is 0 Å². The highest BCUT2D eigenvalue weighted by Gasteiger charge is 2.27. The number of rotatable bonds is 4. The molecule has 2 heteroatoms.